The molecule has 0 radical (unpaired) electrons. The fraction of sp³-hybridized carbons (Fsp3) is 0.385. The van der Waals surface area contributed by atoms with E-state index in [9.17, 15) is 4.79 Å². The number of hydrogen-bond donors (Lipinski definition) is 1. The van der Waals surface area contributed by atoms with Crippen molar-refractivity contribution >= 4 is 28.9 Å². The first-order valence-electron chi connectivity index (χ1n) is 6.10. The molecule has 1 aliphatic rings. The lowest BCUT2D eigenvalue weighted by Gasteiger charge is -2.28. The van der Waals surface area contributed by atoms with E-state index in [2.05, 4.69) is 10.5 Å². The van der Waals surface area contributed by atoms with E-state index < -0.39 is 0 Å². The van der Waals surface area contributed by atoms with E-state index >= 15 is 0 Å². The number of benzene rings is 1. The first-order chi connectivity index (χ1) is 9.16. The van der Waals surface area contributed by atoms with Crippen molar-refractivity contribution < 1.29 is 9.53 Å². The van der Waals surface area contributed by atoms with Gasteiger partial charge >= 0.3 is 0 Å². The summed E-state index contributed by atoms with van der Waals surface area (Å²) < 4.78 is 5.26. The largest absolute Gasteiger partial charge is 0.378 e. The molecule has 19 heavy (non-hydrogen) atoms. The second-order valence-electron chi connectivity index (χ2n) is 4.21. The number of carbonyl (C=O) groups excluding carboxylic acids is 1. The second-order valence-corrected chi connectivity index (χ2v) is 4.65. The number of ketones is 1. The van der Waals surface area contributed by atoms with Gasteiger partial charge in [-0.05, 0) is 18.2 Å². The summed E-state index contributed by atoms with van der Waals surface area (Å²) in [6, 6.07) is 7.20. The zero-order chi connectivity index (χ0) is 13.7. The predicted octanol–water partition coefficient (Wildman–Crippen LogP) is 1.99. The van der Waals surface area contributed by atoms with Crippen LogP contribution in [0.4, 0.5) is 5.69 Å². The van der Waals surface area contributed by atoms with E-state index in [0.717, 1.165) is 5.69 Å². The summed E-state index contributed by atoms with van der Waals surface area (Å²) in [4.78, 5) is 13.6. The Hall–Kier alpha value is -1.59. The number of hydrogen-bond acceptors (Lipinski definition) is 4. The predicted molar refractivity (Wildman–Crippen MR) is 75.6 cm³/mol. The molecule has 0 bridgehead atoms. The SMILES string of the molecule is CC(=O)/C(=N/Nc1cccc(Cl)c1)N1CCOCC1. The first kappa shape index (κ1) is 13.8. The fourth-order valence-corrected chi connectivity index (χ4v) is 2.01. The molecule has 1 aromatic carbocycles. The molecule has 0 amide bonds. The minimum atomic E-state index is -0.0728. The lowest BCUT2D eigenvalue weighted by atomic mass is 10.3. The lowest BCUT2D eigenvalue weighted by Crippen LogP contribution is -2.44. The topological polar surface area (TPSA) is 53.9 Å². The number of Topliss-reactive ketones (excluding diaryl/α,β-unsaturated/α-hetero) is 1. The van der Waals surface area contributed by atoms with Gasteiger partial charge in [-0.1, -0.05) is 17.7 Å². The number of nitrogens with zero attached hydrogens (tertiary/aromatic N) is 2. The van der Waals surface area contributed by atoms with E-state index in [4.69, 9.17) is 16.3 Å². The van der Waals surface area contributed by atoms with Crippen molar-refractivity contribution in [3.8, 4) is 0 Å². The quantitative estimate of drug-likeness (QED) is 0.523. The summed E-state index contributed by atoms with van der Waals surface area (Å²) in [7, 11) is 0. The third-order valence-corrected chi connectivity index (χ3v) is 2.98. The van der Waals surface area contributed by atoms with E-state index in [1.54, 1.807) is 12.1 Å². The molecule has 0 aromatic heterocycles. The van der Waals surface area contributed by atoms with Gasteiger partial charge in [0.25, 0.3) is 0 Å². The molecule has 1 saturated heterocycles. The molecule has 0 saturated carbocycles. The molecule has 1 aromatic rings. The van der Waals surface area contributed by atoms with Crippen LogP contribution in [0.15, 0.2) is 29.4 Å². The number of ether oxygens (including phenoxy) is 1. The highest BCUT2D eigenvalue weighted by Crippen LogP contribution is 2.15. The Balaban J connectivity index is 2.10. The maximum atomic E-state index is 11.7. The van der Waals surface area contributed by atoms with Gasteiger partial charge < -0.3 is 9.64 Å². The number of carbonyl (C=O) groups is 1. The number of hydrazone groups is 1. The summed E-state index contributed by atoms with van der Waals surface area (Å²) in [5, 5.41) is 4.81. The van der Waals surface area contributed by atoms with Crippen LogP contribution in [0.2, 0.25) is 5.02 Å². The van der Waals surface area contributed by atoms with Gasteiger partial charge in [0.1, 0.15) is 0 Å². The molecule has 1 aliphatic heterocycles. The summed E-state index contributed by atoms with van der Waals surface area (Å²) in [6.45, 7) is 4.09. The van der Waals surface area contributed by atoms with Gasteiger partial charge in [0, 0.05) is 25.0 Å². The van der Waals surface area contributed by atoms with E-state index in [0.29, 0.717) is 37.2 Å². The van der Waals surface area contributed by atoms with E-state index in [-0.39, 0.29) is 5.78 Å². The van der Waals surface area contributed by atoms with Crippen LogP contribution in [0.5, 0.6) is 0 Å². The molecule has 5 nitrogen and oxygen atoms in total. The summed E-state index contributed by atoms with van der Waals surface area (Å²) in [6.07, 6.45) is 0. The first-order valence-corrected chi connectivity index (χ1v) is 6.47. The van der Waals surface area contributed by atoms with Gasteiger partial charge in [-0.2, -0.15) is 5.10 Å². The van der Waals surface area contributed by atoms with Gasteiger partial charge in [-0.25, -0.2) is 0 Å². The highest BCUT2D eigenvalue weighted by molar-refractivity contribution is 6.38. The van der Waals surface area contributed by atoms with Gasteiger partial charge in [0.15, 0.2) is 11.6 Å². The molecule has 0 atom stereocenters. The number of anilines is 1. The molecule has 0 unspecified atom stereocenters. The third kappa shape index (κ3) is 3.94. The number of amidine groups is 1. The number of nitrogens with one attached hydrogen (secondary N) is 1. The Bertz CT molecular complexity index is 485. The van der Waals surface area contributed by atoms with Crippen LogP contribution in [0, 0.1) is 0 Å². The maximum Gasteiger partial charge on any atom is 0.196 e. The maximum absolute atomic E-state index is 11.7. The Kier molecular flexibility index (Phi) is 4.76. The van der Waals surface area contributed by atoms with Crippen molar-refractivity contribution in [1.82, 2.24) is 4.90 Å². The monoisotopic (exact) mass is 281 g/mol. The summed E-state index contributed by atoms with van der Waals surface area (Å²) in [5.74, 6) is 0.347. The minimum Gasteiger partial charge on any atom is -0.378 e. The molecule has 102 valence electrons. The van der Waals surface area contributed by atoms with Crippen molar-refractivity contribution in [2.24, 2.45) is 5.10 Å². The van der Waals surface area contributed by atoms with Crippen molar-refractivity contribution in [2.45, 2.75) is 6.92 Å². The summed E-state index contributed by atoms with van der Waals surface area (Å²) in [5.41, 5.74) is 3.61. The smallest absolute Gasteiger partial charge is 0.196 e. The molecule has 1 heterocycles. The van der Waals surface area contributed by atoms with E-state index in [1.165, 1.54) is 6.92 Å². The average molecular weight is 282 g/mol. The van der Waals surface area contributed by atoms with Crippen LogP contribution in [-0.2, 0) is 9.53 Å². The second kappa shape index (κ2) is 6.54. The third-order valence-electron chi connectivity index (χ3n) is 2.74. The Morgan fingerprint density at radius 3 is 2.79 bits per heavy atom. The number of morpholine rings is 1. The van der Waals surface area contributed by atoms with Gasteiger partial charge in [0.2, 0.25) is 0 Å². The molecule has 1 N–H and O–H groups in total. The molecule has 1 fully saturated rings. The van der Waals surface area contributed by atoms with Crippen molar-refractivity contribution in [3.05, 3.63) is 29.3 Å². The zero-order valence-electron chi connectivity index (χ0n) is 10.7. The van der Waals surface area contributed by atoms with E-state index in [1.807, 2.05) is 17.0 Å². The Labute approximate surface area is 117 Å². The van der Waals surface area contributed by atoms with Crippen molar-refractivity contribution in [3.63, 3.8) is 0 Å². The summed E-state index contributed by atoms with van der Waals surface area (Å²) >= 11 is 5.89. The highest BCUT2D eigenvalue weighted by Gasteiger charge is 2.18. The molecular weight excluding hydrogens is 266 g/mol. The van der Waals surface area contributed by atoms with Crippen LogP contribution in [0.3, 0.4) is 0 Å². The van der Waals surface area contributed by atoms with Gasteiger partial charge in [0.05, 0.1) is 18.9 Å². The van der Waals surface area contributed by atoms with Crippen LogP contribution < -0.4 is 5.43 Å². The fourth-order valence-electron chi connectivity index (χ4n) is 1.82. The minimum absolute atomic E-state index is 0.0728. The standard InChI is InChI=1S/C13H16ClN3O2/c1-10(18)13(17-5-7-19-8-6-17)16-15-12-4-2-3-11(14)9-12/h2-4,9,15H,5-8H2,1H3/b16-13-. The van der Waals surface area contributed by atoms with Gasteiger partial charge in [-0.3, -0.25) is 10.2 Å². The van der Waals surface area contributed by atoms with Crippen LogP contribution >= 0.6 is 11.6 Å². The molecule has 0 aliphatic carbocycles. The van der Waals surface area contributed by atoms with Crippen LogP contribution in [0.1, 0.15) is 6.92 Å². The Morgan fingerprint density at radius 2 is 2.16 bits per heavy atom. The molecule has 0 spiro atoms. The van der Waals surface area contributed by atoms with Crippen molar-refractivity contribution in [2.75, 3.05) is 31.7 Å². The Morgan fingerprint density at radius 1 is 1.42 bits per heavy atom. The molecular formula is C13H16ClN3O2. The number of halogens is 1. The van der Waals surface area contributed by atoms with Gasteiger partial charge in [-0.15, -0.1) is 0 Å². The van der Waals surface area contributed by atoms with Crippen LogP contribution in [0.25, 0.3) is 0 Å². The normalized spacial score (nSPS) is 16.3. The van der Waals surface area contributed by atoms with Crippen molar-refractivity contribution in [1.29, 1.82) is 0 Å². The lowest BCUT2D eigenvalue weighted by molar-refractivity contribution is -0.112. The van der Waals surface area contributed by atoms with Crippen LogP contribution in [-0.4, -0.2) is 42.8 Å². The average Bonchev–Trinajstić information content (AvgIpc) is 2.40. The zero-order valence-corrected chi connectivity index (χ0v) is 11.5. The molecule has 2 rings (SSSR count). The highest BCUT2D eigenvalue weighted by atomic mass is 35.5. The number of rotatable bonds is 3. The molecule has 6 heteroatoms.